The number of rotatable bonds is 3. The maximum atomic E-state index is 14.0. The van der Waals surface area contributed by atoms with E-state index in [2.05, 4.69) is 5.32 Å². The number of benzene rings is 1. The number of nitrogens with one attached hydrogen (secondary N) is 1. The highest BCUT2D eigenvalue weighted by molar-refractivity contribution is 5.26. The summed E-state index contributed by atoms with van der Waals surface area (Å²) in [5.41, 5.74) is 0.955. The second kappa shape index (κ2) is 5.30. The number of phenolic OH excluding ortho intramolecular Hbond substituents is 1. The molecule has 0 bridgehead atoms. The zero-order valence-electron chi connectivity index (χ0n) is 9.32. The molecule has 0 amide bonds. The van der Waals surface area contributed by atoms with E-state index in [4.69, 9.17) is 5.11 Å². The first-order valence-corrected chi connectivity index (χ1v) is 5.88. The lowest BCUT2D eigenvalue weighted by atomic mass is 9.91. The van der Waals surface area contributed by atoms with Crippen molar-refractivity contribution in [3.05, 3.63) is 29.8 Å². The van der Waals surface area contributed by atoms with Gasteiger partial charge < -0.3 is 10.4 Å². The van der Waals surface area contributed by atoms with Gasteiger partial charge in [-0.05, 0) is 37.1 Å². The molecular formula is C13H18FNO. The summed E-state index contributed by atoms with van der Waals surface area (Å²) in [6.07, 6.45) is 1.72. The number of phenols is 1. The lowest BCUT2D eigenvalue weighted by molar-refractivity contribution is 0.191. The first-order chi connectivity index (χ1) is 7.75. The molecule has 2 atom stereocenters. The Labute approximate surface area is 95.5 Å². The highest BCUT2D eigenvalue weighted by atomic mass is 19.1. The van der Waals surface area contributed by atoms with Gasteiger partial charge in [0.2, 0.25) is 0 Å². The Morgan fingerprint density at radius 1 is 1.38 bits per heavy atom. The number of piperidine rings is 1. The molecule has 1 aromatic carbocycles. The molecule has 3 heteroatoms. The van der Waals surface area contributed by atoms with E-state index in [-0.39, 0.29) is 11.7 Å². The maximum absolute atomic E-state index is 14.0. The van der Waals surface area contributed by atoms with Gasteiger partial charge in [0, 0.05) is 18.9 Å². The van der Waals surface area contributed by atoms with Crippen molar-refractivity contribution in [2.75, 3.05) is 13.1 Å². The topological polar surface area (TPSA) is 32.3 Å². The number of aromatic hydroxyl groups is 1. The maximum Gasteiger partial charge on any atom is 0.115 e. The van der Waals surface area contributed by atoms with E-state index in [1.54, 1.807) is 24.3 Å². The molecule has 2 rings (SSSR count). The summed E-state index contributed by atoms with van der Waals surface area (Å²) in [7, 11) is 0. The van der Waals surface area contributed by atoms with E-state index in [0.29, 0.717) is 6.42 Å². The summed E-state index contributed by atoms with van der Waals surface area (Å²) < 4.78 is 14.0. The minimum absolute atomic E-state index is 0.141. The van der Waals surface area contributed by atoms with Crippen LogP contribution in [0.3, 0.4) is 0 Å². The Kier molecular flexibility index (Phi) is 3.78. The molecule has 0 aliphatic carbocycles. The Morgan fingerprint density at radius 2 is 2.12 bits per heavy atom. The molecular weight excluding hydrogens is 205 g/mol. The van der Waals surface area contributed by atoms with Crippen molar-refractivity contribution >= 4 is 0 Å². The molecule has 1 fully saturated rings. The summed E-state index contributed by atoms with van der Waals surface area (Å²) in [6, 6.07) is 6.80. The number of halogens is 1. The Balaban J connectivity index is 1.90. The highest BCUT2D eigenvalue weighted by Gasteiger charge is 2.23. The molecule has 0 spiro atoms. The average molecular weight is 223 g/mol. The zero-order chi connectivity index (χ0) is 11.4. The molecule has 0 aromatic heterocycles. The second-order valence-corrected chi connectivity index (χ2v) is 4.49. The summed E-state index contributed by atoms with van der Waals surface area (Å²) >= 11 is 0. The van der Waals surface area contributed by atoms with Crippen molar-refractivity contribution in [2.24, 2.45) is 5.92 Å². The molecule has 1 saturated heterocycles. The number of hydrogen-bond donors (Lipinski definition) is 2. The van der Waals surface area contributed by atoms with Gasteiger partial charge in [-0.15, -0.1) is 0 Å². The van der Waals surface area contributed by atoms with Crippen LogP contribution in [0.2, 0.25) is 0 Å². The van der Waals surface area contributed by atoms with Crippen LogP contribution in [0, 0.1) is 5.92 Å². The van der Waals surface area contributed by atoms with E-state index in [1.165, 1.54) is 0 Å². The van der Waals surface area contributed by atoms with Gasteiger partial charge in [-0.2, -0.15) is 0 Å². The molecule has 1 aliphatic heterocycles. The standard InChI is InChI=1S/C13H18FNO/c14-13(11-2-1-7-15-9-11)8-10-3-5-12(16)6-4-10/h3-6,11,13,15-16H,1-2,7-9H2. The van der Waals surface area contributed by atoms with Crippen LogP contribution < -0.4 is 5.32 Å². The third kappa shape index (κ3) is 2.95. The van der Waals surface area contributed by atoms with Crippen LogP contribution in [0.5, 0.6) is 5.75 Å². The minimum atomic E-state index is -0.780. The van der Waals surface area contributed by atoms with Crippen LogP contribution in [-0.4, -0.2) is 24.4 Å². The predicted octanol–water partition coefficient (Wildman–Crippen LogP) is 2.27. The molecule has 2 nitrogen and oxygen atoms in total. The first-order valence-electron chi connectivity index (χ1n) is 5.88. The third-order valence-electron chi connectivity index (χ3n) is 3.21. The van der Waals surface area contributed by atoms with Crippen molar-refractivity contribution in [1.82, 2.24) is 5.32 Å². The molecule has 1 aliphatic rings. The smallest absolute Gasteiger partial charge is 0.115 e. The number of alkyl halides is 1. The van der Waals surface area contributed by atoms with Crippen molar-refractivity contribution in [1.29, 1.82) is 0 Å². The Morgan fingerprint density at radius 3 is 2.75 bits per heavy atom. The average Bonchev–Trinajstić information content (AvgIpc) is 2.33. The molecule has 88 valence electrons. The zero-order valence-corrected chi connectivity index (χ0v) is 9.32. The van der Waals surface area contributed by atoms with Crippen LogP contribution in [0.15, 0.2) is 24.3 Å². The van der Waals surface area contributed by atoms with E-state index >= 15 is 0 Å². The molecule has 1 heterocycles. The number of hydrogen-bond acceptors (Lipinski definition) is 2. The van der Waals surface area contributed by atoms with E-state index in [0.717, 1.165) is 31.5 Å². The monoisotopic (exact) mass is 223 g/mol. The van der Waals surface area contributed by atoms with Crippen molar-refractivity contribution in [3.63, 3.8) is 0 Å². The van der Waals surface area contributed by atoms with Gasteiger partial charge in [-0.3, -0.25) is 0 Å². The van der Waals surface area contributed by atoms with Crippen LogP contribution in [0.4, 0.5) is 4.39 Å². The van der Waals surface area contributed by atoms with Gasteiger partial charge in [-0.1, -0.05) is 12.1 Å². The fraction of sp³-hybridized carbons (Fsp3) is 0.538. The normalized spacial score (nSPS) is 22.9. The minimum Gasteiger partial charge on any atom is -0.508 e. The summed E-state index contributed by atoms with van der Waals surface area (Å²) in [5, 5.41) is 12.4. The van der Waals surface area contributed by atoms with Gasteiger partial charge in [0.15, 0.2) is 0 Å². The van der Waals surface area contributed by atoms with Crippen molar-refractivity contribution in [3.8, 4) is 5.75 Å². The Hall–Kier alpha value is -1.09. The van der Waals surface area contributed by atoms with E-state index < -0.39 is 6.17 Å². The quantitative estimate of drug-likeness (QED) is 0.824. The molecule has 1 aromatic rings. The fourth-order valence-electron chi connectivity index (χ4n) is 2.21. The van der Waals surface area contributed by atoms with Gasteiger partial charge in [0.05, 0.1) is 0 Å². The predicted molar refractivity (Wildman–Crippen MR) is 62.3 cm³/mol. The van der Waals surface area contributed by atoms with Gasteiger partial charge in [-0.25, -0.2) is 4.39 Å². The molecule has 2 unspecified atom stereocenters. The largest absolute Gasteiger partial charge is 0.508 e. The van der Waals surface area contributed by atoms with Crippen LogP contribution in [-0.2, 0) is 6.42 Å². The fourth-order valence-corrected chi connectivity index (χ4v) is 2.21. The summed E-state index contributed by atoms with van der Waals surface area (Å²) in [5.74, 6) is 0.376. The summed E-state index contributed by atoms with van der Waals surface area (Å²) in [6.45, 7) is 1.81. The SMILES string of the molecule is Oc1ccc(CC(F)C2CCCNC2)cc1. The lowest BCUT2D eigenvalue weighted by Crippen LogP contribution is -2.35. The van der Waals surface area contributed by atoms with Gasteiger partial charge >= 0.3 is 0 Å². The molecule has 16 heavy (non-hydrogen) atoms. The van der Waals surface area contributed by atoms with Crippen molar-refractivity contribution in [2.45, 2.75) is 25.4 Å². The molecule has 2 N–H and O–H groups in total. The van der Waals surface area contributed by atoms with E-state index in [1.807, 2.05) is 0 Å². The van der Waals surface area contributed by atoms with Crippen LogP contribution >= 0.6 is 0 Å². The van der Waals surface area contributed by atoms with E-state index in [9.17, 15) is 4.39 Å². The van der Waals surface area contributed by atoms with Gasteiger partial charge in [0.1, 0.15) is 11.9 Å². The summed E-state index contributed by atoms with van der Waals surface area (Å²) in [4.78, 5) is 0. The highest BCUT2D eigenvalue weighted by Crippen LogP contribution is 2.21. The molecule has 0 radical (unpaired) electrons. The van der Waals surface area contributed by atoms with Crippen LogP contribution in [0.1, 0.15) is 18.4 Å². The lowest BCUT2D eigenvalue weighted by Gasteiger charge is -2.25. The van der Waals surface area contributed by atoms with Crippen molar-refractivity contribution < 1.29 is 9.50 Å². The molecule has 0 saturated carbocycles. The third-order valence-corrected chi connectivity index (χ3v) is 3.21. The second-order valence-electron chi connectivity index (χ2n) is 4.49. The van der Waals surface area contributed by atoms with Crippen LogP contribution in [0.25, 0.3) is 0 Å². The van der Waals surface area contributed by atoms with Gasteiger partial charge in [0.25, 0.3) is 0 Å². The Bertz CT molecular complexity index is 319. The first kappa shape index (κ1) is 11.4.